The number of ether oxygens (including phenoxy) is 1. The highest BCUT2D eigenvalue weighted by Crippen LogP contribution is 2.38. The third kappa shape index (κ3) is 5.90. The number of aryl methyl sites for hydroxylation is 1. The average Bonchev–Trinajstić information content (AvgIpc) is 2.95. The summed E-state index contributed by atoms with van der Waals surface area (Å²) in [4.78, 5) is 8.38. The largest absolute Gasteiger partial charge is 0.432 e. The van der Waals surface area contributed by atoms with Crippen LogP contribution in [-0.2, 0) is 12.5 Å². The summed E-state index contributed by atoms with van der Waals surface area (Å²) in [6, 6.07) is 8.28. The van der Waals surface area contributed by atoms with E-state index in [0.29, 0.717) is 17.7 Å². The van der Waals surface area contributed by atoms with Gasteiger partial charge in [0.05, 0.1) is 0 Å². The van der Waals surface area contributed by atoms with Gasteiger partial charge in [-0.1, -0.05) is 31.2 Å². The second kappa shape index (κ2) is 11.4. The molecule has 0 fully saturated rings. The highest BCUT2D eigenvalue weighted by molar-refractivity contribution is 5.73. The molecule has 0 atom stereocenters. The van der Waals surface area contributed by atoms with Gasteiger partial charge >= 0.3 is 6.11 Å². The van der Waals surface area contributed by atoms with Gasteiger partial charge in [0, 0.05) is 41.2 Å². The maximum Gasteiger partial charge on any atom is 0.432 e. The van der Waals surface area contributed by atoms with Gasteiger partial charge in [-0.05, 0) is 47.4 Å². The Morgan fingerprint density at radius 2 is 1.09 bits per heavy atom. The highest BCUT2D eigenvalue weighted by Gasteiger charge is 2.41. The quantitative estimate of drug-likeness (QED) is 0.137. The van der Waals surface area contributed by atoms with Crippen LogP contribution in [0.15, 0.2) is 73.1 Å². The summed E-state index contributed by atoms with van der Waals surface area (Å²) in [5, 5.41) is 0. The smallest absolute Gasteiger partial charge is 0.429 e. The molecule has 0 saturated carbocycles. The first-order valence-corrected chi connectivity index (χ1v) is 12.5. The van der Waals surface area contributed by atoms with E-state index in [1.165, 1.54) is 24.3 Å². The normalized spacial score (nSPS) is 11.6. The van der Waals surface area contributed by atoms with Crippen molar-refractivity contribution in [2.24, 2.45) is 0 Å². The molecule has 0 amide bonds. The number of nitrogens with zero attached hydrogens (tertiary/aromatic N) is 2. The van der Waals surface area contributed by atoms with Crippen molar-refractivity contribution in [2.45, 2.75) is 19.5 Å². The zero-order chi connectivity index (χ0) is 31.1. The minimum Gasteiger partial charge on any atom is -0.429 e. The number of alkyl halides is 2. The van der Waals surface area contributed by atoms with Gasteiger partial charge in [0.15, 0.2) is 23.3 Å². The zero-order valence-corrected chi connectivity index (χ0v) is 21.8. The van der Waals surface area contributed by atoms with Crippen LogP contribution in [-0.4, -0.2) is 9.97 Å². The topological polar surface area (TPSA) is 35.0 Å². The Morgan fingerprint density at radius 1 is 0.605 bits per heavy atom. The summed E-state index contributed by atoms with van der Waals surface area (Å²) in [5.74, 6) is -12.2. The van der Waals surface area contributed by atoms with Gasteiger partial charge in [0.1, 0.15) is 34.6 Å². The molecular formula is C31H17F9N2O. The van der Waals surface area contributed by atoms with Crippen molar-refractivity contribution in [3.63, 3.8) is 0 Å². The van der Waals surface area contributed by atoms with Gasteiger partial charge in [-0.2, -0.15) is 8.78 Å². The second-order valence-corrected chi connectivity index (χ2v) is 9.29. The molecule has 5 rings (SSSR count). The van der Waals surface area contributed by atoms with Crippen molar-refractivity contribution in [1.29, 1.82) is 0 Å². The molecule has 4 aromatic carbocycles. The highest BCUT2D eigenvalue weighted by atomic mass is 19.3. The van der Waals surface area contributed by atoms with E-state index in [1.54, 1.807) is 12.4 Å². The number of hydrogen-bond donors (Lipinski definition) is 0. The fourth-order valence-electron chi connectivity index (χ4n) is 4.29. The molecule has 5 aromatic rings. The fourth-order valence-corrected chi connectivity index (χ4v) is 4.29. The lowest BCUT2D eigenvalue weighted by molar-refractivity contribution is -0.189. The van der Waals surface area contributed by atoms with Crippen LogP contribution in [0.4, 0.5) is 39.5 Å². The first-order chi connectivity index (χ1) is 20.4. The predicted octanol–water partition coefficient (Wildman–Crippen LogP) is 9.14. The van der Waals surface area contributed by atoms with Gasteiger partial charge in [-0.25, -0.2) is 40.7 Å². The average molecular weight is 604 g/mol. The molecule has 0 radical (unpaired) electrons. The summed E-state index contributed by atoms with van der Waals surface area (Å²) < 4.78 is 133. The Labute approximate surface area is 238 Å². The van der Waals surface area contributed by atoms with Crippen LogP contribution in [0.3, 0.4) is 0 Å². The fraction of sp³-hybridized carbons (Fsp3) is 0.0968. The molecule has 0 aliphatic heterocycles. The van der Waals surface area contributed by atoms with Crippen LogP contribution in [0.2, 0.25) is 0 Å². The van der Waals surface area contributed by atoms with Gasteiger partial charge in [0.25, 0.3) is 0 Å². The molecule has 0 spiro atoms. The maximum atomic E-state index is 15.1. The molecule has 43 heavy (non-hydrogen) atoms. The minimum absolute atomic E-state index is 0.00227. The van der Waals surface area contributed by atoms with Crippen molar-refractivity contribution in [3.05, 3.63) is 125 Å². The molecular weight excluding hydrogens is 587 g/mol. The summed E-state index contributed by atoms with van der Waals surface area (Å²) >= 11 is 0. The molecule has 1 heterocycles. The lowest BCUT2D eigenvalue weighted by Crippen LogP contribution is -2.25. The van der Waals surface area contributed by atoms with Crippen LogP contribution < -0.4 is 4.74 Å². The Bertz CT molecular complexity index is 1800. The van der Waals surface area contributed by atoms with Crippen molar-refractivity contribution in [2.75, 3.05) is 0 Å². The SMILES string of the molecule is CCc1cnc(-c2ccc(-c3ccc(-c4cc(F)c(C(F)(F)Oc5cc(F)c(F)c(F)c5)c(F)c4)c(F)c3)c(F)c2)nc1. The molecule has 220 valence electrons. The molecule has 0 saturated heterocycles. The summed E-state index contributed by atoms with van der Waals surface area (Å²) in [6.07, 6.45) is -0.856. The summed E-state index contributed by atoms with van der Waals surface area (Å²) in [5.41, 5.74) is -1.48. The third-order valence-electron chi connectivity index (χ3n) is 6.47. The second-order valence-electron chi connectivity index (χ2n) is 9.29. The Balaban J connectivity index is 1.42. The molecule has 0 unspecified atom stereocenters. The molecule has 0 aliphatic carbocycles. The van der Waals surface area contributed by atoms with Gasteiger partial charge in [0.2, 0.25) is 0 Å². The first-order valence-electron chi connectivity index (χ1n) is 12.5. The summed E-state index contributed by atoms with van der Waals surface area (Å²) in [6.45, 7) is 1.93. The molecule has 12 heteroatoms. The number of halogens is 9. The Hall–Kier alpha value is -4.87. The van der Waals surface area contributed by atoms with E-state index in [0.717, 1.165) is 24.1 Å². The van der Waals surface area contributed by atoms with Crippen LogP contribution in [0.1, 0.15) is 18.1 Å². The summed E-state index contributed by atoms with van der Waals surface area (Å²) in [7, 11) is 0. The van der Waals surface area contributed by atoms with Gasteiger partial charge in [-0.15, -0.1) is 0 Å². The lowest BCUT2D eigenvalue weighted by atomic mass is 9.97. The Morgan fingerprint density at radius 3 is 1.63 bits per heavy atom. The predicted molar refractivity (Wildman–Crippen MR) is 138 cm³/mol. The maximum absolute atomic E-state index is 15.1. The van der Waals surface area contributed by atoms with E-state index in [2.05, 4.69) is 14.7 Å². The van der Waals surface area contributed by atoms with Crippen molar-refractivity contribution in [3.8, 4) is 39.4 Å². The van der Waals surface area contributed by atoms with Gasteiger partial charge in [-0.3, -0.25) is 0 Å². The number of rotatable bonds is 7. The number of hydrogen-bond acceptors (Lipinski definition) is 3. The van der Waals surface area contributed by atoms with Crippen molar-refractivity contribution >= 4 is 0 Å². The zero-order valence-electron chi connectivity index (χ0n) is 21.8. The molecule has 3 nitrogen and oxygen atoms in total. The Kier molecular flexibility index (Phi) is 7.87. The van der Waals surface area contributed by atoms with Crippen LogP contribution >= 0.6 is 0 Å². The van der Waals surface area contributed by atoms with Crippen molar-refractivity contribution in [1.82, 2.24) is 9.97 Å². The van der Waals surface area contributed by atoms with E-state index < -0.39 is 69.3 Å². The van der Waals surface area contributed by atoms with E-state index in [4.69, 9.17) is 0 Å². The molecule has 1 aromatic heterocycles. The lowest BCUT2D eigenvalue weighted by Gasteiger charge is -2.20. The van der Waals surface area contributed by atoms with E-state index >= 15 is 4.39 Å². The number of benzene rings is 4. The van der Waals surface area contributed by atoms with E-state index in [1.807, 2.05) is 6.92 Å². The third-order valence-corrected chi connectivity index (χ3v) is 6.47. The molecule has 0 aliphatic rings. The molecule has 0 bridgehead atoms. The standard InChI is InChI=1S/C31H17F9N2O/c1-2-15-13-41-30(42-14-15)17-4-6-20(23(33)8-17)16-3-5-21(22(32)7-16)18-9-24(34)28(25(35)10-18)31(39,40)43-19-11-26(36)29(38)27(37)12-19/h3-14H,2H2,1H3. The van der Waals surface area contributed by atoms with Gasteiger partial charge < -0.3 is 4.74 Å². The van der Waals surface area contributed by atoms with Crippen LogP contribution in [0, 0.1) is 40.7 Å². The van der Waals surface area contributed by atoms with E-state index in [9.17, 15) is 35.1 Å². The minimum atomic E-state index is -4.81. The van der Waals surface area contributed by atoms with Crippen molar-refractivity contribution < 1.29 is 44.3 Å². The molecule has 0 N–H and O–H groups in total. The first kappa shape index (κ1) is 29.6. The monoisotopic (exact) mass is 604 g/mol. The van der Waals surface area contributed by atoms with Crippen LogP contribution in [0.5, 0.6) is 5.75 Å². The van der Waals surface area contributed by atoms with E-state index in [-0.39, 0.29) is 29.1 Å². The number of aromatic nitrogens is 2. The van der Waals surface area contributed by atoms with Crippen LogP contribution in [0.25, 0.3) is 33.6 Å².